The van der Waals surface area contributed by atoms with Crippen LogP contribution < -0.4 is 10.1 Å². The van der Waals surface area contributed by atoms with Gasteiger partial charge in [0.1, 0.15) is 12.1 Å². The van der Waals surface area contributed by atoms with Crippen molar-refractivity contribution in [3.05, 3.63) is 34.8 Å². The van der Waals surface area contributed by atoms with Crippen LogP contribution in [0.5, 0.6) is 5.88 Å². The van der Waals surface area contributed by atoms with E-state index in [0.29, 0.717) is 12.5 Å². The summed E-state index contributed by atoms with van der Waals surface area (Å²) in [7, 11) is 1.82. The van der Waals surface area contributed by atoms with Gasteiger partial charge in [0, 0.05) is 24.4 Å². The predicted molar refractivity (Wildman–Crippen MR) is 65.1 cm³/mol. The number of rotatable bonds is 5. The fourth-order valence-corrected chi connectivity index (χ4v) is 1.96. The van der Waals surface area contributed by atoms with E-state index in [1.807, 2.05) is 13.1 Å². The second-order valence-corrected chi connectivity index (χ2v) is 4.20. The number of hydrogen-bond acceptors (Lipinski definition) is 5. The van der Waals surface area contributed by atoms with Crippen LogP contribution in [0.2, 0.25) is 0 Å². The lowest BCUT2D eigenvalue weighted by Gasteiger charge is -2.05. The summed E-state index contributed by atoms with van der Waals surface area (Å²) < 4.78 is 5.54. The van der Waals surface area contributed by atoms with Crippen LogP contribution in [-0.2, 0) is 6.42 Å². The average Bonchev–Trinajstić information content (AvgIpc) is 2.82. The highest BCUT2D eigenvalue weighted by atomic mass is 32.1. The monoisotopic (exact) mass is 235 g/mol. The van der Waals surface area contributed by atoms with Gasteiger partial charge in [0.05, 0.1) is 6.61 Å². The van der Waals surface area contributed by atoms with Crippen molar-refractivity contribution in [3.63, 3.8) is 0 Å². The summed E-state index contributed by atoms with van der Waals surface area (Å²) in [5.41, 5.74) is 0. The Hall–Kier alpha value is -1.62. The molecule has 0 atom stereocenters. The molecule has 0 aliphatic carbocycles. The summed E-state index contributed by atoms with van der Waals surface area (Å²) in [4.78, 5) is 9.37. The molecule has 0 unspecified atom stereocenters. The maximum absolute atomic E-state index is 5.54. The predicted octanol–water partition coefficient (Wildman–Crippen LogP) is 2.20. The van der Waals surface area contributed by atoms with Crippen molar-refractivity contribution in [2.45, 2.75) is 6.42 Å². The molecule has 0 amide bonds. The van der Waals surface area contributed by atoms with Gasteiger partial charge in [0.15, 0.2) is 0 Å². The molecule has 0 spiro atoms. The Kier molecular flexibility index (Phi) is 3.71. The van der Waals surface area contributed by atoms with Gasteiger partial charge < -0.3 is 10.1 Å². The van der Waals surface area contributed by atoms with Crippen molar-refractivity contribution in [2.24, 2.45) is 0 Å². The first-order valence-electron chi connectivity index (χ1n) is 5.03. The summed E-state index contributed by atoms with van der Waals surface area (Å²) in [6, 6.07) is 5.94. The summed E-state index contributed by atoms with van der Waals surface area (Å²) in [5.74, 6) is 1.37. The Balaban J connectivity index is 1.85. The molecule has 1 N–H and O–H groups in total. The zero-order chi connectivity index (χ0) is 11.2. The third-order valence-electron chi connectivity index (χ3n) is 2.08. The fraction of sp³-hybridized carbons (Fsp3) is 0.273. The zero-order valence-corrected chi connectivity index (χ0v) is 9.83. The number of hydrogen-bond donors (Lipinski definition) is 1. The Labute approximate surface area is 98.3 Å². The molecule has 84 valence electrons. The van der Waals surface area contributed by atoms with Crippen LogP contribution in [0, 0.1) is 0 Å². The highest BCUT2D eigenvalue weighted by Gasteiger charge is 1.99. The molecule has 0 bridgehead atoms. The second kappa shape index (κ2) is 5.46. The van der Waals surface area contributed by atoms with Crippen molar-refractivity contribution < 1.29 is 4.74 Å². The Bertz CT molecular complexity index is 431. The Morgan fingerprint density at radius 2 is 2.38 bits per heavy atom. The first-order chi connectivity index (χ1) is 7.88. The topological polar surface area (TPSA) is 47.0 Å². The third-order valence-corrected chi connectivity index (χ3v) is 3.01. The van der Waals surface area contributed by atoms with Gasteiger partial charge in [-0.15, -0.1) is 11.3 Å². The smallest absolute Gasteiger partial charge is 0.218 e. The van der Waals surface area contributed by atoms with E-state index >= 15 is 0 Å². The van der Waals surface area contributed by atoms with Crippen LogP contribution in [0.4, 0.5) is 5.82 Å². The molecule has 2 aromatic heterocycles. The molecule has 0 saturated heterocycles. The van der Waals surface area contributed by atoms with Gasteiger partial charge in [-0.25, -0.2) is 9.97 Å². The molecule has 0 aromatic carbocycles. The van der Waals surface area contributed by atoms with Crippen molar-refractivity contribution in [3.8, 4) is 5.88 Å². The van der Waals surface area contributed by atoms with Gasteiger partial charge in [-0.1, -0.05) is 6.07 Å². The van der Waals surface area contributed by atoms with Crippen LogP contribution in [0.15, 0.2) is 29.9 Å². The van der Waals surface area contributed by atoms with E-state index in [4.69, 9.17) is 4.74 Å². The maximum Gasteiger partial charge on any atom is 0.218 e. The van der Waals surface area contributed by atoms with E-state index in [2.05, 4.69) is 26.7 Å². The molecule has 2 aromatic rings. The van der Waals surface area contributed by atoms with E-state index in [-0.39, 0.29) is 0 Å². The number of anilines is 1. The van der Waals surface area contributed by atoms with Gasteiger partial charge in [-0.2, -0.15) is 0 Å². The quantitative estimate of drug-likeness (QED) is 0.863. The van der Waals surface area contributed by atoms with Crippen molar-refractivity contribution in [2.75, 3.05) is 19.0 Å². The van der Waals surface area contributed by atoms with E-state index in [9.17, 15) is 0 Å². The lowest BCUT2D eigenvalue weighted by molar-refractivity contribution is 0.310. The number of nitrogens with one attached hydrogen (secondary N) is 1. The molecular formula is C11H13N3OS. The minimum absolute atomic E-state index is 0.607. The molecule has 0 aliphatic heterocycles. The minimum Gasteiger partial charge on any atom is -0.477 e. The number of ether oxygens (including phenoxy) is 1. The molecule has 2 heterocycles. The molecule has 16 heavy (non-hydrogen) atoms. The highest BCUT2D eigenvalue weighted by Crippen LogP contribution is 2.12. The second-order valence-electron chi connectivity index (χ2n) is 3.17. The fourth-order valence-electron chi connectivity index (χ4n) is 1.27. The molecular weight excluding hydrogens is 222 g/mol. The van der Waals surface area contributed by atoms with E-state index in [1.165, 1.54) is 11.2 Å². The van der Waals surface area contributed by atoms with Crippen LogP contribution in [0.25, 0.3) is 0 Å². The normalized spacial score (nSPS) is 10.1. The molecule has 4 nitrogen and oxygen atoms in total. The lowest BCUT2D eigenvalue weighted by atomic mass is 10.4. The Morgan fingerprint density at radius 3 is 3.12 bits per heavy atom. The minimum atomic E-state index is 0.607. The van der Waals surface area contributed by atoms with Gasteiger partial charge in [-0.3, -0.25) is 0 Å². The zero-order valence-electron chi connectivity index (χ0n) is 9.01. The van der Waals surface area contributed by atoms with Crippen LogP contribution in [0.3, 0.4) is 0 Å². The standard InChI is InChI=1S/C11H13N3OS/c1-12-10-7-11(14-8-13-10)15-5-4-9-3-2-6-16-9/h2-3,6-8H,4-5H2,1H3,(H,12,13,14). The van der Waals surface area contributed by atoms with Gasteiger partial charge in [0.25, 0.3) is 0 Å². The average molecular weight is 235 g/mol. The molecule has 0 saturated carbocycles. The molecule has 2 rings (SSSR count). The van der Waals surface area contributed by atoms with Gasteiger partial charge >= 0.3 is 0 Å². The molecule has 0 radical (unpaired) electrons. The number of nitrogens with zero attached hydrogens (tertiary/aromatic N) is 2. The van der Waals surface area contributed by atoms with E-state index < -0.39 is 0 Å². The van der Waals surface area contributed by atoms with Gasteiger partial charge in [0.2, 0.25) is 5.88 Å². The van der Waals surface area contributed by atoms with Crippen LogP contribution >= 0.6 is 11.3 Å². The highest BCUT2D eigenvalue weighted by molar-refractivity contribution is 7.09. The summed E-state index contributed by atoms with van der Waals surface area (Å²) in [6.45, 7) is 0.640. The first-order valence-corrected chi connectivity index (χ1v) is 5.91. The third kappa shape index (κ3) is 2.93. The lowest BCUT2D eigenvalue weighted by Crippen LogP contribution is -2.02. The van der Waals surface area contributed by atoms with Crippen molar-refractivity contribution in [1.29, 1.82) is 0 Å². The van der Waals surface area contributed by atoms with Gasteiger partial charge in [-0.05, 0) is 11.4 Å². The number of aromatic nitrogens is 2. The molecule has 0 fully saturated rings. The van der Waals surface area contributed by atoms with Crippen molar-refractivity contribution in [1.82, 2.24) is 9.97 Å². The van der Waals surface area contributed by atoms with Crippen LogP contribution in [0.1, 0.15) is 4.88 Å². The largest absolute Gasteiger partial charge is 0.477 e. The Morgan fingerprint density at radius 1 is 1.44 bits per heavy atom. The maximum atomic E-state index is 5.54. The summed E-state index contributed by atoms with van der Waals surface area (Å²) in [6.07, 6.45) is 2.41. The first kappa shape index (κ1) is 10.9. The molecule has 0 aliphatic rings. The summed E-state index contributed by atoms with van der Waals surface area (Å²) >= 11 is 1.74. The number of thiophene rings is 1. The van der Waals surface area contributed by atoms with E-state index in [0.717, 1.165) is 12.2 Å². The van der Waals surface area contributed by atoms with Crippen LogP contribution in [-0.4, -0.2) is 23.6 Å². The summed E-state index contributed by atoms with van der Waals surface area (Å²) in [5, 5.41) is 5.01. The van der Waals surface area contributed by atoms with Crippen molar-refractivity contribution >= 4 is 17.2 Å². The SMILES string of the molecule is CNc1cc(OCCc2cccs2)ncn1. The molecule has 5 heteroatoms. The van der Waals surface area contributed by atoms with E-state index in [1.54, 1.807) is 17.4 Å².